The molecule has 0 aliphatic heterocycles. The first kappa shape index (κ1) is 11.3. The fourth-order valence-corrected chi connectivity index (χ4v) is 1.24. The van der Waals surface area contributed by atoms with Crippen LogP contribution in [0.15, 0.2) is 29.8 Å². The highest BCUT2D eigenvalue weighted by Crippen LogP contribution is 2.15. The van der Waals surface area contributed by atoms with Crippen LogP contribution in [-0.4, -0.2) is 20.1 Å². The average molecular weight is 205 g/mol. The van der Waals surface area contributed by atoms with Gasteiger partial charge in [-0.3, -0.25) is 4.79 Å². The third-order valence-electron chi connectivity index (χ3n) is 2.06. The second-order valence-corrected chi connectivity index (χ2v) is 3.18. The summed E-state index contributed by atoms with van der Waals surface area (Å²) in [5.41, 5.74) is 1.63. The summed E-state index contributed by atoms with van der Waals surface area (Å²) >= 11 is 0. The van der Waals surface area contributed by atoms with Gasteiger partial charge in [-0.15, -0.1) is 0 Å². The first-order valence-corrected chi connectivity index (χ1v) is 4.72. The minimum Gasteiger partial charge on any atom is -0.497 e. The molecular formula is C12H15NO2. The third-order valence-corrected chi connectivity index (χ3v) is 2.06. The van der Waals surface area contributed by atoms with E-state index in [0.29, 0.717) is 5.57 Å². The molecule has 3 heteroatoms. The summed E-state index contributed by atoms with van der Waals surface area (Å²) in [5.74, 6) is 0.714. The molecule has 0 aliphatic rings. The highest BCUT2D eigenvalue weighted by molar-refractivity contribution is 5.97. The van der Waals surface area contributed by atoms with Gasteiger partial charge in [-0.05, 0) is 30.7 Å². The Hall–Kier alpha value is -1.77. The van der Waals surface area contributed by atoms with Crippen LogP contribution in [-0.2, 0) is 4.79 Å². The summed E-state index contributed by atoms with van der Waals surface area (Å²) < 4.78 is 5.09. The van der Waals surface area contributed by atoms with Crippen LogP contribution in [0.1, 0.15) is 12.5 Å². The lowest BCUT2D eigenvalue weighted by Crippen LogP contribution is -2.18. The molecule has 1 N–H and O–H groups in total. The molecule has 0 heterocycles. The molecule has 80 valence electrons. The summed E-state index contributed by atoms with van der Waals surface area (Å²) in [6.45, 7) is 1.78. The summed E-state index contributed by atoms with van der Waals surface area (Å²) in [6.07, 6.45) is 1.82. The molecule has 1 amide bonds. The third kappa shape index (κ3) is 3.13. The number of likely N-dealkylation sites (N-methyl/N-ethyl adjacent to an activating group) is 1. The zero-order valence-electron chi connectivity index (χ0n) is 9.20. The number of ether oxygens (including phenoxy) is 1. The van der Waals surface area contributed by atoms with Gasteiger partial charge in [0.25, 0.3) is 0 Å². The predicted octanol–water partition coefficient (Wildman–Crippen LogP) is 1.84. The monoisotopic (exact) mass is 205 g/mol. The highest BCUT2D eigenvalue weighted by Gasteiger charge is 2.00. The van der Waals surface area contributed by atoms with E-state index in [1.807, 2.05) is 30.3 Å². The van der Waals surface area contributed by atoms with Crippen LogP contribution < -0.4 is 10.1 Å². The number of methoxy groups -OCH3 is 1. The summed E-state index contributed by atoms with van der Waals surface area (Å²) in [4.78, 5) is 11.3. The van der Waals surface area contributed by atoms with E-state index in [0.717, 1.165) is 11.3 Å². The lowest BCUT2D eigenvalue weighted by molar-refractivity contribution is -0.116. The van der Waals surface area contributed by atoms with Crippen molar-refractivity contribution in [1.29, 1.82) is 0 Å². The Balaban J connectivity index is 2.92. The van der Waals surface area contributed by atoms with Gasteiger partial charge in [0.05, 0.1) is 7.11 Å². The van der Waals surface area contributed by atoms with E-state index in [1.165, 1.54) is 0 Å². The first-order chi connectivity index (χ1) is 7.17. The Morgan fingerprint density at radius 1 is 1.47 bits per heavy atom. The van der Waals surface area contributed by atoms with E-state index in [4.69, 9.17) is 4.74 Å². The second-order valence-electron chi connectivity index (χ2n) is 3.18. The van der Waals surface area contributed by atoms with Crippen LogP contribution in [0.25, 0.3) is 6.08 Å². The molecule has 15 heavy (non-hydrogen) atoms. The summed E-state index contributed by atoms with van der Waals surface area (Å²) in [6, 6.07) is 7.57. The van der Waals surface area contributed by atoms with Crippen molar-refractivity contribution in [1.82, 2.24) is 5.32 Å². The number of carbonyl (C=O) groups is 1. The minimum absolute atomic E-state index is 0.0715. The van der Waals surface area contributed by atoms with E-state index in [9.17, 15) is 4.79 Å². The Morgan fingerprint density at radius 2 is 2.20 bits per heavy atom. The summed E-state index contributed by atoms with van der Waals surface area (Å²) in [7, 11) is 3.24. The fraction of sp³-hybridized carbons (Fsp3) is 0.250. The Bertz CT molecular complexity index is 383. The van der Waals surface area contributed by atoms with Crippen LogP contribution >= 0.6 is 0 Å². The van der Waals surface area contributed by atoms with Gasteiger partial charge in [0, 0.05) is 12.6 Å². The van der Waals surface area contributed by atoms with Gasteiger partial charge in [0.2, 0.25) is 5.91 Å². The molecule has 0 radical (unpaired) electrons. The van der Waals surface area contributed by atoms with E-state index < -0.39 is 0 Å². The average Bonchev–Trinajstić information content (AvgIpc) is 2.28. The Kier molecular flexibility index (Phi) is 3.92. The van der Waals surface area contributed by atoms with Crippen LogP contribution in [0.2, 0.25) is 0 Å². The number of benzene rings is 1. The van der Waals surface area contributed by atoms with Gasteiger partial charge in [0.1, 0.15) is 5.75 Å². The van der Waals surface area contributed by atoms with Crippen molar-refractivity contribution in [3.05, 3.63) is 35.4 Å². The number of carbonyl (C=O) groups excluding carboxylic acids is 1. The van der Waals surface area contributed by atoms with Crippen LogP contribution in [0.5, 0.6) is 5.75 Å². The molecule has 1 aromatic rings. The van der Waals surface area contributed by atoms with Crippen LogP contribution in [0, 0.1) is 0 Å². The lowest BCUT2D eigenvalue weighted by Gasteiger charge is -2.02. The van der Waals surface area contributed by atoms with Crippen molar-refractivity contribution < 1.29 is 9.53 Å². The molecule has 3 nitrogen and oxygen atoms in total. The predicted molar refractivity (Wildman–Crippen MR) is 60.7 cm³/mol. The van der Waals surface area contributed by atoms with Gasteiger partial charge in [-0.1, -0.05) is 12.1 Å². The largest absolute Gasteiger partial charge is 0.497 e. The standard InChI is InChI=1S/C12H15NO2/c1-9(12(14)13-2)7-10-5-4-6-11(8-10)15-3/h4-8H,1-3H3,(H,13,14)/b9-7+. The zero-order chi connectivity index (χ0) is 11.3. The maximum atomic E-state index is 11.3. The number of nitrogens with one attached hydrogen (secondary N) is 1. The molecule has 0 saturated carbocycles. The lowest BCUT2D eigenvalue weighted by atomic mass is 10.1. The quantitative estimate of drug-likeness (QED) is 0.765. The van der Waals surface area contributed by atoms with Crippen molar-refractivity contribution in [3.63, 3.8) is 0 Å². The topological polar surface area (TPSA) is 38.3 Å². The zero-order valence-corrected chi connectivity index (χ0v) is 9.20. The molecule has 1 rings (SSSR count). The van der Waals surface area contributed by atoms with Gasteiger partial charge in [-0.2, -0.15) is 0 Å². The molecule has 0 aliphatic carbocycles. The Morgan fingerprint density at radius 3 is 2.80 bits per heavy atom. The van der Waals surface area contributed by atoms with Gasteiger partial charge in [-0.25, -0.2) is 0 Å². The van der Waals surface area contributed by atoms with E-state index >= 15 is 0 Å². The fourth-order valence-electron chi connectivity index (χ4n) is 1.24. The molecule has 0 fully saturated rings. The second kappa shape index (κ2) is 5.20. The van der Waals surface area contributed by atoms with Gasteiger partial charge in [0.15, 0.2) is 0 Å². The highest BCUT2D eigenvalue weighted by atomic mass is 16.5. The number of hydrogen-bond acceptors (Lipinski definition) is 2. The van der Waals surface area contributed by atoms with Gasteiger partial charge < -0.3 is 10.1 Å². The smallest absolute Gasteiger partial charge is 0.246 e. The van der Waals surface area contributed by atoms with Crippen molar-refractivity contribution in [2.24, 2.45) is 0 Å². The maximum Gasteiger partial charge on any atom is 0.246 e. The molecule has 1 aromatic carbocycles. The Labute approximate surface area is 89.8 Å². The van der Waals surface area contributed by atoms with E-state index in [2.05, 4.69) is 5.32 Å². The SMILES string of the molecule is CNC(=O)/C(C)=C/c1cccc(OC)c1. The van der Waals surface area contributed by atoms with Crippen molar-refractivity contribution in [2.75, 3.05) is 14.2 Å². The van der Waals surface area contributed by atoms with E-state index in [-0.39, 0.29) is 5.91 Å². The molecular weight excluding hydrogens is 190 g/mol. The van der Waals surface area contributed by atoms with Crippen LogP contribution in [0.3, 0.4) is 0 Å². The number of hydrogen-bond donors (Lipinski definition) is 1. The van der Waals surface area contributed by atoms with Crippen molar-refractivity contribution >= 4 is 12.0 Å². The molecule has 0 atom stereocenters. The number of amides is 1. The molecule has 0 spiro atoms. The number of rotatable bonds is 3. The van der Waals surface area contributed by atoms with Gasteiger partial charge >= 0.3 is 0 Å². The van der Waals surface area contributed by atoms with Crippen molar-refractivity contribution in [2.45, 2.75) is 6.92 Å². The molecule has 0 saturated heterocycles. The minimum atomic E-state index is -0.0715. The molecule has 0 unspecified atom stereocenters. The molecule has 0 aromatic heterocycles. The normalized spacial score (nSPS) is 11.0. The summed E-state index contributed by atoms with van der Waals surface area (Å²) in [5, 5.41) is 2.58. The van der Waals surface area contributed by atoms with Crippen LogP contribution in [0.4, 0.5) is 0 Å². The maximum absolute atomic E-state index is 11.3. The first-order valence-electron chi connectivity index (χ1n) is 4.72. The molecule has 0 bridgehead atoms. The van der Waals surface area contributed by atoms with Crippen molar-refractivity contribution in [3.8, 4) is 5.75 Å². The van der Waals surface area contributed by atoms with E-state index in [1.54, 1.807) is 21.1 Å².